The maximum atomic E-state index is 12.2. The lowest BCUT2D eigenvalue weighted by Gasteiger charge is -2.14. The summed E-state index contributed by atoms with van der Waals surface area (Å²) in [7, 11) is 0. The highest BCUT2D eigenvalue weighted by molar-refractivity contribution is 6.22. The number of phenols is 1. The number of aromatic hydroxyl groups is 1. The van der Waals surface area contributed by atoms with E-state index in [-0.39, 0.29) is 11.4 Å². The van der Waals surface area contributed by atoms with E-state index >= 15 is 0 Å². The minimum atomic E-state index is -0.555. The van der Waals surface area contributed by atoms with Crippen LogP contribution in [-0.2, 0) is 4.79 Å². The van der Waals surface area contributed by atoms with E-state index in [1.165, 1.54) is 6.07 Å². The zero-order valence-electron chi connectivity index (χ0n) is 12.4. The molecule has 2 N–H and O–H groups in total. The van der Waals surface area contributed by atoms with Crippen molar-refractivity contribution in [3.63, 3.8) is 0 Å². The lowest BCUT2D eigenvalue weighted by molar-refractivity contribution is -0.116. The van der Waals surface area contributed by atoms with Gasteiger partial charge < -0.3 is 10.4 Å². The Morgan fingerprint density at radius 3 is 2.30 bits per heavy atom. The van der Waals surface area contributed by atoms with Gasteiger partial charge in [-0.25, -0.2) is 0 Å². The monoisotopic (exact) mass is 310 g/mol. The van der Waals surface area contributed by atoms with Crippen molar-refractivity contribution >= 4 is 23.4 Å². The van der Waals surface area contributed by atoms with E-state index in [2.05, 4.69) is 5.32 Å². The molecule has 0 fully saturated rings. The van der Waals surface area contributed by atoms with Crippen molar-refractivity contribution in [1.29, 1.82) is 0 Å². The van der Waals surface area contributed by atoms with Crippen molar-refractivity contribution in [2.75, 3.05) is 11.9 Å². The molecule has 2 aromatic carbocycles. The molecule has 0 saturated heterocycles. The highest BCUT2D eigenvalue weighted by atomic mass is 16.3. The number of amides is 3. The van der Waals surface area contributed by atoms with Crippen molar-refractivity contribution in [2.45, 2.75) is 6.92 Å². The zero-order valence-corrected chi connectivity index (χ0v) is 12.4. The van der Waals surface area contributed by atoms with E-state index in [1.807, 2.05) is 6.92 Å². The maximum Gasteiger partial charge on any atom is 0.262 e. The first-order valence-electron chi connectivity index (χ1n) is 7.02. The summed E-state index contributed by atoms with van der Waals surface area (Å²) in [6.45, 7) is 1.42. The van der Waals surface area contributed by atoms with Gasteiger partial charge >= 0.3 is 0 Å². The van der Waals surface area contributed by atoms with E-state index < -0.39 is 24.3 Å². The van der Waals surface area contributed by atoms with Crippen LogP contribution in [0.5, 0.6) is 5.75 Å². The van der Waals surface area contributed by atoms with Gasteiger partial charge in [-0.3, -0.25) is 19.3 Å². The molecule has 6 nitrogen and oxygen atoms in total. The first-order valence-corrected chi connectivity index (χ1v) is 7.02. The highest BCUT2D eigenvalue weighted by Crippen LogP contribution is 2.25. The predicted octanol–water partition coefficient (Wildman–Crippen LogP) is 1.94. The molecule has 3 amide bonds. The second kappa shape index (κ2) is 5.57. The largest absolute Gasteiger partial charge is 0.506 e. The number of hydrogen-bond acceptors (Lipinski definition) is 4. The van der Waals surface area contributed by atoms with Crippen LogP contribution < -0.4 is 5.32 Å². The number of anilines is 1. The van der Waals surface area contributed by atoms with Gasteiger partial charge in [0.25, 0.3) is 11.8 Å². The second-order valence-corrected chi connectivity index (χ2v) is 5.31. The Kier molecular flexibility index (Phi) is 3.57. The minimum absolute atomic E-state index is 0.0775. The molecule has 0 aliphatic carbocycles. The summed E-state index contributed by atoms with van der Waals surface area (Å²) in [6, 6.07) is 11.2. The number of nitrogens with one attached hydrogen (secondary N) is 1. The summed E-state index contributed by atoms with van der Waals surface area (Å²) in [6.07, 6.45) is 0. The summed E-state index contributed by atoms with van der Waals surface area (Å²) in [5.74, 6) is -1.62. The van der Waals surface area contributed by atoms with Crippen molar-refractivity contribution in [2.24, 2.45) is 0 Å². The molecular formula is C17H14N2O4. The predicted molar refractivity (Wildman–Crippen MR) is 83.3 cm³/mol. The standard InChI is InChI=1S/C17H14N2O4/c1-10-6-7-14(20)13(8-10)18-15(21)9-19-16(22)11-4-2-3-5-12(11)17(19)23/h2-8,20H,9H2,1H3,(H,18,21). The third-order valence-corrected chi connectivity index (χ3v) is 3.61. The molecule has 0 atom stereocenters. The Morgan fingerprint density at radius 2 is 1.70 bits per heavy atom. The molecule has 0 saturated carbocycles. The van der Waals surface area contributed by atoms with Gasteiger partial charge in [0, 0.05) is 0 Å². The van der Waals surface area contributed by atoms with E-state index in [0.717, 1.165) is 10.5 Å². The number of aryl methyl sites for hydroxylation is 1. The third-order valence-electron chi connectivity index (χ3n) is 3.61. The fourth-order valence-corrected chi connectivity index (χ4v) is 2.47. The van der Waals surface area contributed by atoms with E-state index in [4.69, 9.17) is 0 Å². The van der Waals surface area contributed by atoms with Crippen LogP contribution in [0, 0.1) is 6.92 Å². The lowest BCUT2D eigenvalue weighted by atomic mass is 10.1. The van der Waals surface area contributed by atoms with Crippen LogP contribution in [0.25, 0.3) is 0 Å². The van der Waals surface area contributed by atoms with Crippen LogP contribution in [0.4, 0.5) is 5.69 Å². The molecule has 0 spiro atoms. The normalized spacial score (nSPS) is 13.2. The first-order chi connectivity index (χ1) is 11.0. The molecule has 6 heteroatoms. The molecule has 0 unspecified atom stereocenters. The van der Waals surface area contributed by atoms with Crippen LogP contribution in [0.2, 0.25) is 0 Å². The second-order valence-electron chi connectivity index (χ2n) is 5.31. The molecule has 2 aromatic rings. The molecule has 1 aliphatic rings. The van der Waals surface area contributed by atoms with Crippen LogP contribution in [0.3, 0.4) is 0 Å². The fourth-order valence-electron chi connectivity index (χ4n) is 2.47. The number of rotatable bonds is 3. The van der Waals surface area contributed by atoms with E-state index in [0.29, 0.717) is 11.1 Å². The Labute approximate surface area is 132 Å². The molecule has 1 heterocycles. The molecule has 0 bridgehead atoms. The van der Waals surface area contributed by atoms with Gasteiger partial charge in [0.15, 0.2) is 0 Å². The van der Waals surface area contributed by atoms with Gasteiger partial charge in [0.2, 0.25) is 5.91 Å². The highest BCUT2D eigenvalue weighted by Gasteiger charge is 2.36. The Morgan fingerprint density at radius 1 is 1.09 bits per heavy atom. The summed E-state index contributed by atoms with van der Waals surface area (Å²) in [5, 5.41) is 12.2. The number of fused-ring (bicyclic) bond motifs is 1. The van der Waals surface area contributed by atoms with Gasteiger partial charge in [-0.05, 0) is 36.8 Å². The molecular weight excluding hydrogens is 296 g/mol. The molecule has 0 radical (unpaired) electrons. The lowest BCUT2D eigenvalue weighted by Crippen LogP contribution is -2.37. The maximum absolute atomic E-state index is 12.2. The number of hydrogen-bond donors (Lipinski definition) is 2. The van der Waals surface area contributed by atoms with Crippen LogP contribution >= 0.6 is 0 Å². The van der Waals surface area contributed by atoms with E-state index in [1.54, 1.807) is 36.4 Å². The van der Waals surface area contributed by atoms with Gasteiger partial charge in [-0.1, -0.05) is 18.2 Å². The van der Waals surface area contributed by atoms with Gasteiger partial charge in [-0.15, -0.1) is 0 Å². The van der Waals surface area contributed by atoms with Crippen molar-refractivity contribution in [1.82, 2.24) is 4.90 Å². The van der Waals surface area contributed by atoms with Gasteiger partial charge in [0.1, 0.15) is 12.3 Å². The van der Waals surface area contributed by atoms with Crippen LogP contribution in [-0.4, -0.2) is 34.3 Å². The summed E-state index contributed by atoms with van der Waals surface area (Å²) < 4.78 is 0. The number of phenolic OH excluding ortho intramolecular Hbond substituents is 1. The quantitative estimate of drug-likeness (QED) is 0.670. The summed E-state index contributed by atoms with van der Waals surface area (Å²) in [5.41, 5.74) is 1.69. The fraction of sp³-hybridized carbons (Fsp3) is 0.118. The number of imide groups is 1. The minimum Gasteiger partial charge on any atom is -0.506 e. The Hall–Kier alpha value is -3.15. The molecule has 1 aliphatic heterocycles. The smallest absolute Gasteiger partial charge is 0.262 e. The van der Waals surface area contributed by atoms with Crippen LogP contribution in [0.15, 0.2) is 42.5 Å². The average molecular weight is 310 g/mol. The number of nitrogens with zero attached hydrogens (tertiary/aromatic N) is 1. The number of benzene rings is 2. The van der Waals surface area contributed by atoms with Crippen molar-refractivity contribution < 1.29 is 19.5 Å². The Balaban J connectivity index is 1.76. The van der Waals surface area contributed by atoms with Crippen molar-refractivity contribution in [3.8, 4) is 5.75 Å². The van der Waals surface area contributed by atoms with Crippen molar-refractivity contribution in [3.05, 3.63) is 59.2 Å². The summed E-state index contributed by atoms with van der Waals surface area (Å²) in [4.78, 5) is 37.4. The molecule has 23 heavy (non-hydrogen) atoms. The molecule has 116 valence electrons. The van der Waals surface area contributed by atoms with Gasteiger partial charge in [0.05, 0.1) is 16.8 Å². The first kappa shape index (κ1) is 14.8. The SMILES string of the molecule is Cc1ccc(O)c(NC(=O)CN2C(=O)c3ccccc3C2=O)c1. The van der Waals surface area contributed by atoms with Gasteiger partial charge in [-0.2, -0.15) is 0 Å². The third kappa shape index (κ3) is 2.66. The molecule has 3 rings (SSSR count). The number of carbonyl (C=O) groups excluding carboxylic acids is 3. The Bertz CT molecular complexity index is 794. The molecule has 0 aromatic heterocycles. The zero-order chi connectivity index (χ0) is 16.6. The average Bonchev–Trinajstić information content (AvgIpc) is 2.76. The summed E-state index contributed by atoms with van der Waals surface area (Å²) >= 11 is 0. The van der Waals surface area contributed by atoms with Crippen LogP contribution in [0.1, 0.15) is 26.3 Å². The topological polar surface area (TPSA) is 86.7 Å². The number of carbonyl (C=O) groups is 3. The van der Waals surface area contributed by atoms with E-state index in [9.17, 15) is 19.5 Å².